The van der Waals surface area contributed by atoms with Gasteiger partial charge >= 0.3 is 0 Å². The van der Waals surface area contributed by atoms with Gasteiger partial charge in [0, 0.05) is 34.4 Å². The van der Waals surface area contributed by atoms with Crippen LogP contribution in [0.3, 0.4) is 0 Å². The topological polar surface area (TPSA) is 29.9 Å². The van der Waals surface area contributed by atoms with Crippen LogP contribution in [0.1, 0.15) is 63.2 Å². The summed E-state index contributed by atoms with van der Waals surface area (Å²) in [7, 11) is 0. The normalized spacial score (nSPS) is 18.2. The highest BCUT2D eigenvalue weighted by molar-refractivity contribution is 6.31. The molecular weight excluding hydrogens is 294 g/mol. The highest BCUT2D eigenvalue weighted by Crippen LogP contribution is 2.45. The van der Waals surface area contributed by atoms with Crippen molar-refractivity contribution in [3.63, 3.8) is 0 Å². The van der Waals surface area contributed by atoms with E-state index < -0.39 is 0 Å². The molecule has 1 saturated carbocycles. The first kappa shape index (κ1) is 15.6. The van der Waals surface area contributed by atoms with Gasteiger partial charge in [-0.25, -0.2) is 0 Å². The Morgan fingerprint density at radius 2 is 1.95 bits per heavy atom. The van der Waals surface area contributed by atoms with Crippen molar-refractivity contribution in [2.24, 2.45) is 0 Å². The molecule has 1 aromatic heterocycles. The molecule has 1 heterocycles. The van der Waals surface area contributed by atoms with E-state index in [9.17, 15) is 0 Å². The van der Waals surface area contributed by atoms with Crippen LogP contribution in [0.4, 0.5) is 0 Å². The van der Waals surface area contributed by atoms with E-state index in [1.165, 1.54) is 17.5 Å². The maximum Gasteiger partial charge on any atom is 0.0537 e. The van der Waals surface area contributed by atoms with Gasteiger partial charge in [0.25, 0.3) is 0 Å². The summed E-state index contributed by atoms with van der Waals surface area (Å²) in [4.78, 5) is 0. The molecule has 0 saturated heterocycles. The highest BCUT2D eigenvalue weighted by atomic mass is 35.5. The first-order valence-corrected chi connectivity index (χ1v) is 8.46. The van der Waals surface area contributed by atoms with E-state index in [4.69, 9.17) is 11.6 Å². The molecule has 1 aliphatic carbocycles. The summed E-state index contributed by atoms with van der Waals surface area (Å²) in [6.07, 6.45) is 7.63. The van der Waals surface area contributed by atoms with E-state index in [2.05, 4.69) is 49.5 Å². The molecule has 2 aromatic rings. The molecule has 1 aromatic carbocycles. The van der Waals surface area contributed by atoms with Crippen molar-refractivity contribution in [3.8, 4) is 0 Å². The van der Waals surface area contributed by atoms with Crippen molar-refractivity contribution in [2.75, 3.05) is 0 Å². The van der Waals surface area contributed by atoms with Gasteiger partial charge in [0.1, 0.15) is 0 Å². The second-order valence-corrected chi connectivity index (χ2v) is 7.04. The Morgan fingerprint density at radius 1 is 1.23 bits per heavy atom. The minimum atomic E-state index is 0.0116. The predicted octanol–water partition coefficient (Wildman–Crippen LogP) is 4.85. The summed E-state index contributed by atoms with van der Waals surface area (Å²) in [6.45, 7) is 6.50. The Morgan fingerprint density at radius 3 is 2.50 bits per heavy atom. The molecule has 22 heavy (non-hydrogen) atoms. The zero-order valence-electron chi connectivity index (χ0n) is 13.5. The molecule has 0 radical (unpaired) electrons. The van der Waals surface area contributed by atoms with Gasteiger partial charge < -0.3 is 5.32 Å². The van der Waals surface area contributed by atoms with Crippen LogP contribution in [0.15, 0.2) is 36.7 Å². The number of aromatic nitrogens is 2. The summed E-state index contributed by atoms with van der Waals surface area (Å²) in [5.74, 6) is 0. The fourth-order valence-corrected chi connectivity index (χ4v) is 3.54. The van der Waals surface area contributed by atoms with Crippen molar-refractivity contribution in [1.29, 1.82) is 0 Å². The zero-order chi connectivity index (χ0) is 15.7. The number of halogens is 1. The number of nitrogens with one attached hydrogen (secondary N) is 1. The molecule has 0 amide bonds. The van der Waals surface area contributed by atoms with Crippen LogP contribution in [0.25, 0.3) is 0 Å². The fraction of sp³-hybridized carbons (Fsp3) is 0.500. The van der Waals surface area contributed by atoms with Crippen LogP contribution in [0.2, 0.25) is 5.02 Å². The van der Waals surface area contributed by atoms with Crippen LogP contribution in [0.5, 0.6) is 0 Å². The summed E-state index contributed by atoms with van der Waals surface area (Å²) in [6, 6.07) is 8.85. The Bertz CT molecular complexity index is 643. The van der Waals surface area contributed by atoms with E-state index in [0.717, 1.165) is 17.9 Å². The maximum atomic E-state index is 6.44. The van der Waals surface area contributed by atoms with Crippen LogP contribution in [-0.4, -0.2) is 9.78 Å². The predicted molar refractivity (Wildman–Crippen MR) is 91.1 cm³/mol. The summed E-state index contributed by atoms with van der Waals surface area (Å²) < 4.78 is 2.01. The second kappa shape index (κ2) is 6.05. The van der Waals surface area contributed by atoms with Gasteiger partial charge in [-0.3, -0.25) is 4.68 Å². The zero-order valence-corrected chi connectivity index (χ0v) is 14.3. The van der Waals surface area contributed by atoms with Gasteiger partial charge in [-0.1, -0.05) is 29.8 Å². The maximum absolute atomic E-state index is 6.44. The summed E-state index contributed by atoms with van der Waals surface area (Å²) in [5, 5.41) is 9.13. The van der Waals surface area contributed by atoms with Crippen LogP contribution in [0, 0.1) is 0 Å². The molecule has 0 aliphatic heterocycles. The lowest BCUT2D eigenvalue weighted by Gasteiger charge is -2.45. The number of benzene rings is 1. The largest absolute Gasteiger partial charge is 0.301 e. The first-order valence-electron chi connectivity index (χ1n) is 8.08. The minimum absolute atomic E-state index is 0.0116. The SMILES string of the molecule is CC(NC1(c2ccccc2Cl)CCC1)c1cnn(C(C)C)c1. The molecule has 1 fully saturated rings. The average molecular weight is 318 g/mol. The number of hydrogen-bond donors (Lipinski definition) is 1. The second-order valence-electron chi connectivity index (χ2n) is 6.63. The monoisotopic (exact) mass is 317 g/mol. The summed E-state index contributed by atoms with van der Waals surface area (Å²) >= 11 is 6.44. The number of nitrogens with zero attached hydrogens (tertiary/aromatic N) is 2. The molecule has 1 unspecified atom stereocenters. The third kappa shape index (κ3) is 2.80. The Hall–Kier alpha value is -1.32. The molecule has 4 heteroatoms. The van der Waals surface area contributed by atoms with E-state index >= 15 is 0 Å². The van der Waals surface area contributed by atoms with Gasteiger partial charge in [-0.15, -0.1) is 0 Å². The van der Waals surface area contributed by atoms with Crippen molar-refractivity contribution in [1.82, 2.24) is 15.1 Å². The van der Waals surface area contributed by atoms with E-state index in [-0.39, 0.29) is 11.6 Å². The van der Waals surface area contributed by atoms with Crippen LogP contribution >= 0.6 is 11.6 Å². The molecule has 1 N–H and O–H groups in total. The van der Waals surface area contributed by atoms with Crippen LogP contribution < -0.4 is 5.32 Å². The molecular formula is C18H24ClN3. The Labute approximate surface area is 137 Å². The molecule has 0 bridgehead atoms. The van der Waals surface area contributed by atoms with Crippen molar-refractivity contribution in [2.45, 2.75) is 57.7 Å². The molecule has 3 rings (SSSR count). The quantitative estimate of drug-likeness (QED) is 0.854. The third-order valence-corrected chi connectivity index (χ3v) is 5.07. The molecule has 118 valence electrons. The molecule has 3 nitrogen and oxygen atoms in total. The lowest BCUT2D eigenvalue weighted by Crippen LogP contribution is -2.49. The van der Waals surface area contributed by atoms with E-state index in [1.807, 2.05) is 23.0 Å². The van der Waals surface area contributed by atoms with E-state index in [0.29, 0.717) is 6.04 Å². The highest BCUT2D eigenvalue weighted by Gasteiger charge is 2.40. The number of hydrogen-bond acceptors (Lipinski definition) is 2. The first-order chi connectivity index (χ1) is 10.5. The number of rotatable bonds is 5. The lowest BCUT2D eigenvalue weighted by atomic mass is 9.71. The van der Waals surface area contributed by atoms with Crippen molar-refractivity contribution in [3.05, 3.63) is 52.8 Å². The lowest BCUT2D eigenvalue weighted by molar-refractivity contribution is 0.167. The van der Waals surface area contributed by atoms with Gasteiger partial charge in [0.05, 0.1) is 6.20 Å². The summed E-state index contributed by atoms with van der Waals surface area (Å²) in [5.41, 5.74) is 2.47. The van der Waals surface area contributed by atoms with Gasteiger partial charge in [0.2, 0.25) is 0 Å². The smallest absolute Gasteiger partial charge is 0.0537 e. The van der Waals surface area contributed by atoms with Gasteiger partial charge in [-0.05, 0) is 51.7 Å². The van der Waals surface area contributed by atoms with Crippen molar-refractivity contribution < 1.29 is 0 Å². The van der Waals surface area contributed by atoms with Crippen molar-refractivity contribution >= 4 is 11.6 Å². The molecule has 1 atom stereocenters. The van der Waals surface area contributed by atoms with E-state index in [1.54, 1.807) is 0 Å². The fourth-order valence-electron chi connectivity index (χ4n) is 3.23. The van der Waals surface area contributed by atoms with Crippen LogP contribution in [-0.2, 0) is 5.54 Å². The third-order valence-electron chi connectivity index (χ3n) is 4.74. The minimum Gasteiger partial charge on any atom is -0.301 e. The molecule has 1 aliphatic rings. The molecule has 0 spiro atoms. The standard InChI is InChI=1S/C18H24ClN3/c1-13(2)22-12-15(11-20-22)14(3)21-18(9-6-10-18)16-7-4-5-8-17(16)19/h4-5,7-8,11-14,21H,6,9-10H2,1-3H3. The average Bonchev–Trinajstić information content (AvgIpc) is 2.94. The van der Waals surface area contributed by atoms with Gasteiger partial charge in [-0.2, -0.15) is 5.10 Å². The Balaban J connectivity index is 1.82. The Kier molecular flexibility index (Phi) is 4.28. The van der Waals surface area contributed by atoms with Gasteiger partial charge in [0.15, 0.2) is 0 Å².